The van der Waals surface area contributed by atoms with Crippen molar-refractivity contribution in [2.75, 3.05) is 6.54 Å². The van der Waals surface area contributed by atoms with Gasteiger partial charge in [0.1, 0.15) is 0 Å². The molecular formula is C16H17ClN2O3S. The van der Waals surface area contributed by atoms with Gasteiger partial charge < -0.3 is 5.73 Å². The summed E-state index contributed by atoms with van der Waals surface area (Å²) in [6.07, 6.45) is 0.533. The summed E-state index contributed by atoms with van der Waals surface area (Å²) in [5, 5.41) is 0.632. The Bertz CT molecular complexity index is 818. The maximum absolute atomic E-state index is 12.3. The molecule has 0 aliphatic heterocycles. The minimum atomic E-state index is -3.70. The SMILES string of the molecule is Cc1ccc(S(=O)(=O)NCCc2ccc(Cl)cc2)cc1C(N)=O. The van der Waals surface area contributed by atoms with E-state index in [1.165, 1.54) is 12.1 Å². The van der Waals surface area contributed by atoms with Crippen LogP contribution in [0.5, 0.6) is 0 Å². The summed E-state index contributed by atoms with van der Waals surface area (Å²) in [6.45, 7) is 1.94. The number of hydrogen-bond acceptors (Lipinski definition) is 3. The number of sulfonamides is 1. The third-order valence-electron chi connectivity index (χ3n) is 3.40. The van der Waals surface area contributed by atoms with Crippen molar-refractivity contribution in [2.45, 2.75) is 18.2 Å². The second-order valence-corrected chi connectivity index (χ2v) is 7.32. The molecule has 2 aromatic rings. The third-order valence-corrected chi connectivity index (χ3v) is 5.11. The van der Waals surface area contributed by atoms with Crippen LogP contribution in [0.3, 0.4) is 0 Å². The van der Waals surface area contributed by atoms with Gasteiger partial charge in [-0.05, 0) is 48.7 Å². The zero-order valence-corrected chi connectivity index (χ0v) is 14.1. The summed E-state index contributed by atoms with van der Waals surface area (Å²) in [7, 11) is -3.70. The van der Waals surface area contributed by atoms with Gasteiger partial charge in [-0.2, -0.15) is 0 Å². The van der Waals surface area contributed by atoms with E-state index in [1.54, 1.807) is 25.1 Å². The number of carbonyl (C=O) groups excluding carboxylic acids is 1. The number of amides is 1. The minimum absolute atomic E-state index is 0.0213. The van der Waals surface area contributed by atoms with Crippen LogP contribution in [0.4, 0.5) is 0 Å². The number of hydrogen-bond donors (Lipinski definition) is 2. The number of benzene rings is 2. The highest BCUT2D eigenvalue weighted by molar-refractivity contribution is 7.89. The Kier molecular flexibility index (Phi) is 5.41. The number of nitrogens with one attached hydrogen (secondary N) is 1. The number of carbonyl (C=O) groups is 1. The second-order valence-electron chi connectivity index (χ2n) is 5.12. The lowest BCUT2D eigenvalue weighted by atomic mass is 10.1. The first kappa shape index (κ1) is 17.5. The van der Waals surface area contributed by atoms with Gasteiger partial charge in [0.25, 0.3) is 0 Å². The minimum Gasteiger partial charge on any atom is -0.366 e. The molecule has 0 saturated carbocycles. The predicted molar refractivity (Wildman–Crippen MR) is 90.0 cm³/mol. The third kappa shape index (κ3) is 4.54. The average Bonchev–Trinajstić information content (AvgIpc) is 2.49. The fourth-order valence-electron chi connectivity index (χ4n) is 2.10. The molecule has 23 heavy (non-hydrogen) atoms. The van der Waals surface area contributed by atoms with Gasteiger partial charge >= 0.3 is 0 Å². The molecule has 0 spiro atoms. The first-order valence-corrected chi connectivity index (χ1v) is 8.80. The summed E-state index contributed by atoms with van der Waals surface area (Å²) in [4.78, 5) is 11.3. The van der Waals surface area contributed by atoms with Crippen molar-refractivity contribution in [1.29, 1.82) is 0 Å². The van der Waals surface area contributed by atoms with E-state index in [0.29, 0.717) is 17.0 Å². The topological polar surface area (TPSA) is 89.3 Å². The van der Waals surface area contributed by atoms with E-state index in [9.17, 15) is 13.2 Å². The van der Waals surface area contributed by atoms with Gasteiger partial charge in [-0.25, -0.2) is 13.1 Å². The van der Waals surface area contributed by atoms with E-state index < -0.39 is 15.9 Å². The molecule has 0 aliphatic carbocycles. The molecule has 0 aromatic heterocycles. The van der Waals surface area contributed by atoms with Gasteiger partial charge in [0.2, 0.25) is 15.9 Å². The van der Waals surface area contributed by atoms with Crippen molar-refractivity contribution in [3.8, 4) is 0 Å². The highest BCUT2D eigenvalue weighted by atomic mass is 35.5. The van der Waals surface area contributed by atoms with Crippen LogP contribution in [0.15, 0.2) is 47.4 Å². The standard InChI is InChI=1S/C16H17ClN2O3S/c1-11-2-7-14(10-15(11)16(18)20)23(21,22)19-9-8-12-3-5-13(17)6-4-12/h2-7,10,19H,8-9H2,1H3,(H2,18,20). The monoisotopic (exact) mass is 352 g/mol. The van der Waals surface area contributed by atoms with Gasteiger partial charge in [0.15, 0.2) is 0 Å². The van der Waals surface area contributed by atoms with E-state index in [4.69, 9.17) is 17.3 Å². The Balaban J connectivity index is 2.08. The Labute approximate surface area is 140 Å². The lowest BCUT2D eigenvalue weighted by molar-refractivity contribution is 0.0999. The molecular weight excluding hydrogens is 336 g/mol. The lowest BCUT2D eigenvalue weighted by Gasteiger charge is -2.09. The summed E-state index contributed by atoms with van der Waals surface area (Å²) < 4.78 is 27.1. The smallest absolute Gasteiger partial charge is 0.249 e. The maximum Gasteiger partial charge on any atom is 0.249 e. The molecule has 0 saturated heterocycles. The van der Waals surface area contributed by atoms with Gasteiger partial charge in [-0.15, -0.1) is 0 Å². The van der Waals surface area contributed by atoms with Crippen molar-refractivity contribution in [1.82, 2.24) is 4.72 Å². The molecule has 1 amide bonds. The van der Waals surface area contributed by atoms with E-state index in [1.807, 2.05) is 12.1 Å². The lowest BCUT2D eigenvalue weighted by Crippen LogP contribution is -2.26. The molecule has 3 N–H and O–H groups in total. The molecule has 122 valence electrons. The second kappa shape index (κ2) is 7.12. The Morgan fingerprint density at radius 1 is 1.17 bits per heavy atom. The van der Waals surface area contributed by atoms with E-state index >= 15 is 0 Å². The highest BCUT2D eigenvalue weighted by Gasteiger charge is 2.16. The van der Waals surface area contributed by atoms with Crippen LogP contribution >= 0.6 is 11.6 Å². The van der Waals surface area contributed by atoms with Crippen LogP contribution in [0.25, 0.3) is 0 Å². The molecule has 2 aromatic carbocycles. The van der Waals surface area contributed by atoms with Crippen molar-refractivity contribution in [3.63, 3.8) is 0 Å². The predicted octanol–water partition coefficient (Wildman–Crippen LogP) is 2.27. The molecule has 0 bridgehead atoms. The first-order valence-electron chi connectivity index (χ1n) is 6.94. The van der Waals surface area contributed by atoms with Gasteiger partial charge in [0, 0.05) is 17.1 Å². The van der Waals surface area contributed by atoms with Gasteiger partial charge in [0.05, 0.1) is 4.90 Å². The largest absolute Gasteiger partial charge is 0.366 e. The van der Waals surface area contributed by atoms with Gasteiger partial charge in [-0.1, -0.05) is 29.8 Å². The Morgan fingerprint density at radius 2 is 1.83 bits per heavy atom. The molecule has 0 heterocycles. The molecule has 2 rings (SSSR count). The fraction of sp³-hybridized carbons (Fsp3) is 0.188. The summed E-state index contributed by atoms with van der Waals surface area (Å²) >= 11 is 5.80. The molecule has 0 unspecified atom stereocenters. The van der Waals surface area contributed by atoms with Crippen LogP contribution in [0.1, 0.15) is 21.5 Å². The number of primary amides is 1. The average molecular weight is 353 g/mol. The normalized spacial score (nSPS) is 11.4. The molecule has 0 fully saturated rings. The van der Waals surface area contributed by atoms with Crippen LogP contribution in [0, 0.1) is 6.92 Å². The van der Waals surface area contributed by atoms with E-state index in [-0.39, 0.29) is 17.0 Å². The number of nitrogens with two attached hydrogens (primary N) is 1. The van der Waals surface area contributed by atoms with Crippen LogP contribution < -0.4 is 10.5 Å². The van der Waals surface area contributed by atoms with Gasteiger partial charge in [-0.3, -0.25) is 4.79 Å². The van der Waals surface area contributed by atoms with Crippen LogP contribution in [-0.4, -0.2) is 20.9 Å². The summed E-state index contributed by atoms with van der Waals surface area (Å²) in [6, 6.07) is 11.5. The Morgan fingerprint density at radius 3 is 2.43 bits per heavy atom. The van der Waals surface area contributed by atoms with E-state index in [0.717, 1.165) is 5.56 Å². The van der Waals surface area contributed by atoms with Crippen molar-refractivity contribution in [2.24, 2.45) is 5.73 Å². The van der Waals surface area contributed by atoms with Crippen LogP contribution in [0.2, 0.25) is 5.02 Å². The van der Waals surface area contributed by atoms with Crippen LogP contribution in [-0.2, 0) is 16.4 Å². The Hall–Kier alpha value is -1.89. The molecule has 7 heteroatoms. The number of halogens is 1. The number of rotatable bonds is 6. The summed E-state index contributed by atoms with van der Waals surface area (Å²) in [5.41, 5.74) is 7.06. The summed E-state index contributed by atoms with van der Waals surface area (Å²) in [5.74, 6) is -0.652. The zero-order valence-electron chi connectivity index (χ0n) is 12.5. The molecule has 5 nitrogen and oxygen atoms in total. The zero-order chi connectivity index (χ0) is 17.0. The number of aryl methyl sites for hydroxylation is 1. The van der Waals surface area contributed by atoms with E-state index in [2.05, 4.69) is 4.72 Å². The molecule has 0 radical (unpaired) electrons. The molecule has 0 aliphatic rings. The quantitative estimate of drug-likeness (QED) is 0.835. The highest BCUT2D eigenvalue weighted by Crippen LogP contribution is 2.15. The van der Waals surface area contributed by atoms with Crippen molar-refractivity contribution >= 4 is 27.5 Å². The van der Waals surface area contributed by atoms with Crippen molar-refractivity contribution in [3.05, 3.63) is 64.2 Å². The fourth-order valence-corrected chi connectivity index (χ4v) is 3.28. The van der Waals surface area contributed by atoms with Crippen molar-refractivity contribution < 1.29 is 13.2 Å². The first-order chi connectivity index (χ1) is 10.8. The maximum atomic E-state index is 12.3. The molecule has 0 atom stereocenters.